The lowest BCUT2D eigenvalue weighted by atomic mass is 10.1. The molecule has 0 atom stereocenters. The second-order valence-electron chi connectivity index (χ2n) is 3.89. The number of hydrogen-bond acceptors (Lipinski definition) is 2. The highest BCUT2D eigenvalue weighted by atomic mass is 35.5. The predicted molar refractivity (Wildman–Crippen MR) is 73.1 cm³/mol. The molecule has 0 aliphatic heterocycles. The molecule has 1 rings (SSSR count). The Hall–Kier alpha value is -1.48. The largest absolute Gasteiger partial charge is 0.488 e. The number of carboxylic acid groups (broad SMARTS) is 1. The standard InChI is InChI=1S/C14H17ClO3/c1-3-11(4-2)18-14-10(8-9-13(16)17)6-5-7-12(14)15/h5-9,11H,3-4H2,1-2H3,(H,16,17)/b9-8+. The van der Waals surface area contributed by atoms with Crippen molar-refractivity contribution in [2.75, 3.05) is 0 Å². The van der Waals surface area contributed by atoms with Crippen LogP contribution in [0.15, 0.2) is 24.3 Å². The van der Waals surface area contributed by atoms with Crippen molar-refractivity contribution in [1.82, 2.24) is 0 Å². The molecular weight excluding hydrogens is 252 g/mol. The summed E-state index contributed by atoms with van der Waals surface area (Å²) in [4.78, 5) is 10.5. The van der Waals surface area contributed by atoms with Gasteiger partial charge < -0.3 is 9.84 Å². The lowest BCUT2D eigenvalue weighted by molar-refractivity contribution is -0.131. The van der Waals surface area contributed by atoms with E-state index in [1.807, 2.05) is 13.8 Å². The molecule has 0 aromatic heterocycles. The van der Waals surface area contributed by atoms with Crippen LogP contribution in [0.4, 0.5) is 0 Å². The van der Waals surface area contributed by atoms with Crippen LogP contribution < -0.4 is 4.74 Å². The predicted octanol–water partition coefficient (Wildman–Crippen LogP) is 4.01. The fourth-order valence-corrected chi connectivity index (χ4v) is 1.79. The van der Waals surface area contributed by atoms with E-state index in [1.54, 1.807) is 18.2 Å². The number of benzene rings is 1. The minimum atomic E-state index is -0.997. The van der Waals surface area contributed by atoms with Crippen LogP contribution in [0.3, 0.4) is 0 Å². The van der Waals surface area contributed by atoms with Crippen LogP contribution in [-0.4, -0.2) is 17.2 Å². The Balaban J connectivity index is 3.04. The zero-order valence-electron chi connectivity index (χ0n) is 10.5. The smallest absolute Gasteiger partial charge is 0.328 e. The van der Waals surface area contributed by atoms with Crippen molar-refractivity contribution in [3.63, 3.8) is 0 Å². The summed E-state index contributed by atoms with van der Waals surface area (Å²) in [7, 11) is 0. The first-order valence-electron chi connectivity index (χ1n) is 5.94. The van der Waals surface area contributed by atoms with Gasteiger partial charge >= 0.3 is 5.97 Å². The van der Waals surface area contributed by atoms with Gasteiger partial charge in [0.25, 0.3) is 0 Å². The third-order valence-corrected chi connectivity index (χ3v) is 2.90. The van der Waals surface area contributed by atoms with Gasteiger partial charge in [0.1, 0.15) is 5.75 Å². The Morgan fingerprint density at radius 3 is 2.67 bits per heavy atom. The number of halogens is 1. The van der Waals surface area contributed by atoms with Gasteiger partial charge in [-0.3, -0.25) is 0 Å². The van der Waals surface area contributed by atoms with Gasteiger partial charge in [-0.05, 0) is 25.0 Å². The molecule has 0 fully saturated rings. The van der Waals surface area contributed by atoms with Gasteiger partial charge in [0.05, 0.1) is 11.1 Å². The van der Waals surface area contributed by atoms with Gasteiger partial charge in [0.2, 0.25) is 0 Å². The lowest BCUT2D eigenvalue weighted by Crippen LogP contribution is -2.14. The van der Waals surface area contributed by atoms with Crippen LogP contribution >= 0.6 is 11.6 Å². The van der Waals surface area contributed by atoms with Crippen LogP contribution in [0.1, 0.15) is 32.3 Å². The van der Waals surface area contributed by atoms with Crippen LogP contribution in [0.25, 0.3) is 6.08 Å². The molecule has 1 aromatic carbocycles. The summed E-state index contributed by atoms with van der Waals surface area (Å²) in [5.41, 5.74) is 0.678. The molecule has 0 unspecified atom stereocenters. The van der Waals surface area contributed by atoms with Crippen LogP contribution in [0, 0.1) is 0 Å². The topological polar surface area (TPSA) is 46.5 Å². The van der Waals surface area contributed by atoms with Crippen molar-refractivity contribution in [3.05, 3.63) is 34.9 Å². The molecule has 0 radical (unpaired) electrons. The summed E-state index contributed by atoms with van der Waals surface area (Å²) in [6.45, 7) is 4.08. The van der Waals surface area contributed by atoms with Crippen molar-refractivity contribution < 1.29 is 14.6 Å². The van der Waals surface area contributed by atoms with Gasteiger partial charge in [-0.1, -0.05) is 37.6 Å². The van der Waals surface area contributed by atoms with Gasteiger partial charge in [0, 0.05) is 11.6 Å². The molecule has 0 aliphatic rings. The maximum Gasteiger partial charge on any atom is 0.328 e. The zero-order valence-corrected chi connectivity index (χ0v) is 11.3. The third-order valence-electron chi connectivity index (χ3n) is 2.60. The molecule has 18 heavy (non-hydrogen) atoms. The number of hydrogen-bond donors (Lipinski definition) is 1. The second kappa shape index (κ2) is 7.07. The maximum atomic E-state index is 10.5. The number of para-hydroxylation sites is 1. The summed E-state index contributed by atoms with van der Waals surface area (Å²) in [6, 6.07) is 5.28. The highest BCUT2D eigenvalue weighted by Crippen LogP contribution is 2.31. The van der Waals surface area contributed by atoms with Crippen LogP contribution in [0.2, 0.25) is 5.02 Å². The van der Waals surface area contributed by atoms with E-state index in [4.69, 9.17) is 21.4 Å². The molecule has 0 amide bonds. The Morgan fingerprint density at radius 1 is 1.44 bits per heavy atom. The monoisotopic (exact) mass is 268 g/mol. The van der Waals surface area contributed by atoms with E-state index >= 15 is 0 Å². The van der Waals surface area contributed by atoms with E-state index in [-0.39, 0.29) is 6.10 Å². The summed E-state index contributed by atoms with van der Waals surface area (Å²) < 4.78 is 5.83. The van der Waals surface area contributed by atoms with Crippen molar-refractivity contribution in [3.8, 4) is 5.75 Å². The Morgan fingerprint density at radius 2 is 2.11 bits per heavy atom. The molecule has 1 N–H and O–H groups in total. The molecule has 0 aliphatic carbocycles. The van der Waals surface area contributed by atoms with Crippen LogP contribution in [-0.2, 0) is 4.79 Å². The summed E-state index contributed by atoms with van der Waals surface area (Å²) >= 11 is 6.10. The van der Waals surface area contributed by atoms with Crippen molar-refractivity contribution in [1.29, 1.82) is 0 Å². The fraction of sp³-hybridized carbons (Fsp3) is 0.357. The Labute approximate surface area is 112 Å². The number of rotatable bonds is 6. The zero-order chi connectivity index (χ0) is 13.5. The minimum Gasteiger partial charge on any atom is -0.488 e. The molecule has 0 saturated carbocycles. The van der Waals surface area contributed by atoms with Crippen molar-refractivity contribution >= 4 is 23.6 Å². The molecular formula is C14H17ClO3. The van der Waals surface area contributed by atoms with E-state index in [1.165, 1.54) is 6.08 Å². The molecule has 0 bridgehead atoms. The molecule has 0 heterocycles. The van der Waals surface area contributed by atoms with Crippen molar-refractivity contribution in [2.24, 2.45) is 0 Å². The summed E-state index contributed by atoms with van der Waals surface area (Å²) in [5.74, 6) is -0.450. The molecule has 4 heteroatoms. The first-order valence-corrected chi connectivity index (χ1v) is 6.32. The fourth-order valence-electron chi connectivity index (χ4n) is 1.56. The third kappa shape index (κ3) is 4.08. The van der Waals surface area contributed by atoms with E-state index in [0.29, 0.717) is 16.3 Å². The Kier molecular flexibility index (Phi) is 5.72. The molecule has 1 aromatic rings. The number of ether oxygens (including phenoxy) is 1. The summed E-state index contributed by atoms with van der Waals surface area (Å²) in [6.07, 6.45) is 4.41. The second-order valence-corrected chi connectivity index (χ2v) is 4.29. The molecule has 0 spiro atoms. The van der Waals surface area contributed by atoms with E-state index in [0.717, 1.165) is 18.9 Å². The van der Waals surface area contributed by atoms with E-state index in [9.17, 15) is 4.79 Å². The average molecular weight is 269 g/mol. The number of carboxylic acids is 1. The first kappa shape index (κ1) is 14.6. The van der Waals surface area contributed by atoms with Crippen LogP contribution in [0.5, 0.6) is 5.75 Å². The quantitative estimate of drug-likeness (QED) is 0.793. The SMILES string of the molecule is CCC(CC)Oc1c(Cl)cccc1/C=C/C(=O)O. The normalized spacial score (nSPS) is 11.1. The minimum absolute atomic E-state index is 0.0851. The maximum absolute atomic E-state index is 10.5. The van der Waals surface area contributed by atoms with Gasteiger partial charge in [-0.15, -0.1) is 0 Å². The lowest BCUT2D eigenvalue weighted by Gasteiger charge is -2.18. The highest BCUT2D eigenvalue weighted by molar-refractivity contribution is 6.32. The van der Waals surface area contributed by atoms with E-state index < -0.39 is 5.97 Å². The van der Waals surface area contributed by atoms with E-state index in [2.05, 4.69) is 0 Å². The molecule has 0 saturated heterocycles. The molecule has 98 valence electrons. The average Bonchev–Trinajstić information content (AvgIpc) is 2.35. The van der Waals surface area contributed by atoms with Gasteiger partial charge in [-0.2, -0.15) is 0 Å². The van der Waals surface area contributed by atoms with Crippen molar-refractivity contribution in [2.45, 2.75) is 32.8 Å². The highest BCUT2D eigenvalue weighted by Gasteiger charge is 2.11. The molecule has 3 nitrogen and oxygen atoms in total. The number of carbonyl (C=O) groups is 1. The van der Waals surface area contributed by atoms with Gasteiger partial charge in [0.15, 0.2) is 0 Å². The summed E-state index contributed by atoms with van der Waals surface area (Å²) in [5, 5.41) is 9.14. The first-order chi connectivity index (χ1) is 8.58. The van der Waals surface area contributed by atoms with Gasteiger partial charge in [-0.25, -0.2) is 4.79 Å². The Bertz CT molecular complexity index is 437. The number of aliphatic carboxylic acids is 1.